The number of phosphoric acid groups is 2. The molecule has 1 aliphatic heterocycles. The number of esters is 1. The summed E-state index contributed by atoms with van der Waals surface area (Å²) in [5.41, 5.74) is -1.91. The number of aromatic nitrogens is 2. The van der Waals surface area contributed by atoms with Crippen LogP contribution in [0.4, 0.5) is 0 Å². The van der Waals surface area contributed by atoms with E-state index in [0.29, 0.717) is 10.9 Å². The molecule has 6 atom stereocenters. The second-order valence-corrected chi connectivity index (χ2v) is 11.4. The first kappa shape index (κ1) is 29.6. The number of rotatable bonds is 9. The molecule has 0 aliphatic carbocycles. The number of aliphatic hydroxyl groups excluding tert-OH is 1. The fourth-order valence-corrected chi connectivity index (χ4v) is 6.13. The Kier molecular flexibility index (Phi) is 8.31. The lowest BCUT2D eigenvalue weighted by Crippen LogP contribution is -2.38. The molecule has 1 aliphatic rings. The van der Waals surface area contributed by atoms with Crippen LogP contribution in [0.1, 0.15) is 18.7 Å². The number of nitrogens with zero attached hydrogens (tertiary/aromatic N) is 1. The lowest BCUT2D eigenvalue weighted by Gasteiger charge is -2.23. The molecule has 19 heteroatoms. The summed E-state index contributed by atoms with van der Waals surface area (Å²) in [4.78, 5) is 68.7. The third-order valence-corrected chi connectivity index (χ3v) is 8.09. The maximum atomic E-state index is 12.7. The van der Waals surface area contributed by atoms with Crippen molar-refractivity contribution in [2.75, 3.05) is 6.61 Å². The minimum Gasteiger partial charge on any atom is -0.463 e. The number of phosphoric ester groups is 2. The number of carbonyl (C=O) groups is 1. The Bertz CT molecular complexity index is 1710. The van der Waals surface area contributed by atoms with E-state index in [-0.39, 0.29) is 11.3 Å². The van der Waals surface area contributed by atoms with Crippen molar-refractivity contribution in [1.82, 2.24) is 9.55 Å². The first-order valence-electron chi connectivity index (χ1n) is 11.2. The molecule has 4 N–H and O–H groups in total. The number of nitrogens with one attached hydrogen (secondary N) is 1. The first-order valence-corrected chi connectivity index (χ1v) is 14.2. The molecule has 0 spiro atoms. The van der Waals surface area contributed by atoms with E-state index in [2.05, 4.69) is 4.31 Å². The predicted octanol–water partition coefficient (Wildman–Crippen LogP) is 0.454. The molecule has 3 aromatic rings. The van der Waals surface area contributed by atoms with Gasteiger partial charge in [0.1, 0.15) is 36.3 Å². The van der Waals surface area contributed by atoms with Crippen LogP contribution >= 0.6 is 15.6 Å². The first-order chi connectivity index (χ1) is 18.6. The highest BCUT2D eigenvalue weighted by atomic mass is 31.3. The normalized spacial score (nSPS) is 23.8. The second-order valence-electron chi connectivity index (χ2n) is 8.46. The zero-order valence-electron chi connectivity index (χ0n) is 20.6. The van der Waals surface area contributed by atoms with Crippen LogP contribution in [0.5, 0.6) is 5.75 Å². The van der Waals surface area contributed by atoms with Crippen LogP contribution in [-0.2, 0) is 32.2 Å². The van der Waals surface area contributed by atoms with Gasteiger partial charge in [0.15, 0.2) is 6.23 Å². The smallest absolute Gasteiger partial charge is 0.463 e. The largest absolute Gasteiger partial charge is 0.536 e. The molecule has 2 aromatic heterocycles. The lowest BCUT2D eigenvalue weighted by atomic mass is 10.1. The van der Waals surface area contributed by atoms with Crippen molar-refractivity contribution in [1.29, 1.82) is 0 Å². The Morgan fingerprint density at radius 3 is 2.52 bits per heavy atom. The molecule has 0 radical (unpaired) electrons. The molecule has 1 aromatic carbocycles. The summed E-state index contributed by atoms with van der Waals surface area (Å²) in [6.45, 7) is 2.04. The zero-order valence-corrected chi connectivity index (χ0v) is 22.4. The number of carbonyl (C=O) groups excluding carboxylic acids is 1. The van der Waals surface area contributed by atoms with Crippen LogP contribution in [0.3, 0.4) is 0 Å². The highest BCUT2D eigenvalue weighted by Gasteiger charge is 2.51. The third kappa shape index (κ3) is 6.83. The van der Waals surface area contributed by atoms with Crippen LogP contribution in [0.25, 0.3) is 11.0 Å². The minimum absolute atomic E-state index is 0.00554. The molecule has 1 fully saturated rings. The van der Waals surface area contributed by atoms with Gasteiger partial charge < -0.3 is 28.4 Å². The number of aliphatic hydroxyl groups is 1. The van der Waals surface area contributed by atoms with E-state index in [1.54, 1.807) is 6.92 Å². The number of H-pyrrole nitrogens is 1. The number of fused-ring (bicyclic) bond motifs is 1. The van der Waals surface area contributed by atoms with E-state index in [1.165, 1.54) is 18.2 Å². The lowest BCUT2D eigenvalue weighted by molar-refractivity contribution is -0.147. The molecule has 0 saturated carbocycles. The summed E-state index contributed by atoms with van der Waals surface area (Å²) in [5, 5.41) is 11.2. The van der Waals surface area contributed by atoms with Gasteiger partial charge in [0, 0.05) is 36.7 Å². The number of ether oxygens (including phenoxy) is 2. The van der Waals surface area contributed by atoms with Crippen molar-refractivity contribution >= 4 is 32.6 Å². The van der Waals surface area contributed by atoms with Gasteiger partial charge in [-0.1, -0.05) is 0 Å². The van der Waals surface area contributed by atoms with Gasteiger partial charge in [-0.3, -0.25) is 28.6 Å². The van der Waals surface area contributed by atoms with Crippen LogP contribution in [0.15, 0.2) is 55.3 Å². The molecule has 17 nitrogen and oxygen atoms in total. The monoisotopic (exact) mass is 604 g/mol. The fourth-order valence-electron chi connectivity index (χ4n) is 3.86. The fraction of sp³-hybridized carbons (Fsp3) is 0.333. The SMILES string of the molecule is CC(=O)OC[C@H]1O[C@@H](n2ccc(=O)[nH]c2=O)[C@H](O)[C@@H]1OP(=O)(O)OP(=O)(O)Oc1ccc2c(C)cc(=O)oc2c1. The van der Waals surface area contributed by atoms with Gasteiger partial charge in [-0.25, -0.2) is 18.7 Å². The average molecular weight is 604 g/mol. The summed E-state index contributed by atoms with van der Waals surface area (Å²) in [7, 11) is -11.0. The quantitative estimate of drug-likeness (QED) is 0.147. The van der Waals surface area contributed by atoms with Gasteiger partial charge in [-0.2, -0.15) is 4.31 Å². The molecule has 2 unspecified atom stereocenters. The molecule has 0 amide bonds. The number of aromatic amines is 1. The molecule has 3 heterocycles. The summed E-state index contributed by atoms with van der Waals surface area (Å²) in [6.07, 6.45) is -5.91. The van der Waals surface area contributed by atoms with Gasteiger partial charge in [0.25, 0.3) is 5.56 Å². The van der Waals surface area contributed by atoms with Crippen LogP contribution in [-0.4, -0.2) is 55.3 Å². The molecular weight excluding hydrogens is 582 g/mol. The Morgan fingerprint density at radius 2 is 1.85 bits per heavy atom. The topological polar surface area (TPSA) is 243 Å². The molecule has 4 rings (SSSR count). The highest BCUT2D eigenvalue weighted by Crippen LogP contribution is 2.61. The van der Waals surface area contributed by atoms with Crippen LogP contribution < -0.4 is 21.4 Å². The van der Waals surface area contributed by atoms with Crippen LogP contribution in [0, 0.1) is 6.92 Å². The Labute approximate surface area is 222 Å². The molecule has 1 saturated heterocycles. The van der Waals surface area contributed by atoms with Crippen molar-refractivity contribution in [2.45, 2.75) is 38.4 Å². The van der Waals surface area contributed by atoms with E-state index < -0.39 is 69.6 Å². The Morgan fingerprint density at radius 1 is 1.12 bits per heavy atom. The van der Waals surface area contributed by atoms with Crippen LogP contribution in [0.2, 0.25) is 0 Å². The zero-order chi connectivity index (χ0) is 29.4. The van der Waals surface area contributed by atoms with E-state index in [1.807, 2.05) is 4.98 Å². The average Bonchev–Trinajstić information content (AvgIpc) is 3.10. The van der Waals surface area contributed by atoms with E-state index in [0.717, 1.165) is 29.8 Å². The number of hydrogen-bond donors (Lipinski definition) is 4. The highest BCUT2D eigenvalue weighted by molar-refractivity contribution is 7.61. The van der Waals surface area contributed by atoms with Gasteiger partial charge in [0.2, 0.25) is 0 Å². The summed E-state index contributed by atoms with van der Waals surface area (Å²) < 4.78 is 55.4. The predicted molar refractivity (Wildman–Crippen MR) is 131 cm³/mol. The van der Waals surface area contributed by atoms with Crippen molar-refractivity contribution in [3.05, 3.63) is 73.4 Å². The van der Waals surface area contributed by atoms with Gasteiger partial charge >= 0.3 is 32.9 Å². The summed E-state index contributed by atoms with van der Waals surface area (Å²) in [5.74, 6) is -1.17. The molecule has 216 valence electrons. The Balaban J connectivity index is 1.54. The van der Waals surface area contributed by atoms with Gasteiger partial charge in [0.05, 0.1) is 0 Å². The summed E-state index contributed by atoms with van der Waals surface area (Å²) >= 11 is 0. The maximum absolute atomic E-state index is 12.7. The van der Waals surface area contributed by atoms with Crippen molar-refractivity contribution in [3.63, 3.8) is 0 Å². The van der Waals surface area contributed by atoms with E-state index in [4.69, 9.17) is 22.9 Å². The maximum Gasteiger partial charge on any atom is 0.536 e. The van der Waals surface area contributed by atoms with Crippen molar-refractivity contribution in [2.24, 2.45) is 0 Å². The number of benzene rings is 1. The number of hydrogen-bond acceptors (Lipinski definition) is 13. The molecule has 0 bridgehead atoms. The summed E-state index contributed by atoms with van der Waals surface area (Å²) in [6, 6.07) is 5.86. The standard InChI is InChI=1S/C21H22N2O15P2/c1-10-7-17(26)34-14-8-12(3-4-13(10)14)36-39(29,30)38-40(31,32)37-19-15(9-33-11(2)24)35-20(18(19)27)23-6-5-16(25)22-21(23)28/h3-8,15,18-20,27H,9H2,1-2H3,(H,29,30)(H,31,32)(H,22,25,28)/t15-,18-,19-,20-/m1/s1. The van der Waals surface area contributed by atoms with Gasteiger partial charge in [-0.15, -0.1) is 0 Å². The number of aryl methyl sites for hydroxylation is 1. The molecular formula is C21H22N2O15P2. The Hall–Kier alpha value is -3.40. The molecule has 40 heavy (non-hydrogen) atoms. The van der Waals surface area contributed by atoms with Crippen molar-refractivity contribution in [3.8, 4) is 5.75 Å². The van der Waals surface area contributed by atoms with Gasteiger partial charge in [-0.05, 0) is 24.6 Å². The minimum atomic E-state index is -5.56. The second kappa shape index (κ2) is 11.2. The van der Waals surface area contributed by atoms with Crippen molar-refractivity contribution < 1.29 is 56.1 Å². The van der Waals surface area contributed by atoms with E-state index in [9.17, 15) is 43.2 Å². The third-order valence-electron chi connectivity index (χ3n) is 5.49. The van der Waals surface area contributed by atoms with E-state index >= 15 is 0 Å².